The van der Waals surface area contributed by atoms with Crippen molar-refractivity contribution in [3.8, 4) is 5.75 Å². The molecule has 0 fully saturated rings. The second-order valence-electron chi connectivity index (χ2n) is 8.19. The number of fused-ring (bicyclic) bond motifs is 1. The van der Waals surface area contributed by atoms with E-state index >= 15 is 0 Å². The summed E-state index contributed by atoms with van der Waals surface area (Å²) < 4.78 is 48.9. The molecule has 1 nitrogen and oxygen atoms in total. The van der Waals surface area contributed by atoms with E-state index in [-0.39, 0.29) is 5.56 Å². The minimum absolute atomic E-state index is 0.280. The van der Waals surface area contributed by atoms with Crippen LogP contribution in [0.25, 0.3) is 10.8 Å². The van der Waals surface area contributed by atoms with Crippen LogP contribution >= 0.6 is 0 Å². The van der Waals surface area contributed by atoms with Gasteiger partial charge in [0.2, 0.25) is 0 Å². The molecule has 166 valence electrons. The summed E-state index contributed by atoms with van der Waals surface area (Å²) in [6.07, 6.45) is 4.80. The van der Waals surface area contributed by atoms with Crippen molar-refractivity contribution in [1.29, 1.82) is 0 Å². The van der Waals surface area contributed by atoms with E-state index < -0.39 is 17.7 Å². The lowest BCUT2D eigenvalue weighted by molar-refractivity contribution is -0.186. The lowest BCUT2D eigenvalue weighted by Gasteiger charge is -2.19. The van der Waals surface area contributed by atoms with Gasteiger partial charge in [0.15, 0.2) is 11.6 Å². The molecule has 0 amide bonds. The number of halogens is 3. The predicted molar refractivity (Wildman–Crippen MR) is 121 cm³/mol. The number of benzene rings is 3. The van der Waals surface area contributed by atoms with Crippen LogP contribution < -0.4 is 4.74 Å². The van der Waals surface area contributed by atoms with Crippen LogP contribution in [-0.2, 0) is 19.0 Å². The third-order valence-electron chi connectivity index (χ3n) is 5.62. The summed E-state index contributed by atoms with van der Waals surface area (Å²) >= 11 is 0. The van der Waals surface area contributed by atoms with Gasteiger partial charge in [-0.05, 0) is 71.8 Å². The molecule has 0 atom stereocenters. The summed E-state index contributed by atoms with van der Waals surface area (Å²) in [6, 6.07) is 14.5. The molecule has 0 aromatic heterocycles. The van der Waals surface area contributed by atoms with Crippen molar-refractivity contribution in [2.45, 2.75) is 71.3 Å². The van der Waals surface area contributed by atoms with Crippen molar-refractivity contribution in [1.82, 2.24) is 0 Å². The maximum absolute atomic E-state index is 14.7. The molecule has 0 unspecified atom stereocenters. The van der Waals surface area contributed by atoms with Gasteiger partial charge in [-0.3, -0.25) is 0 Å². The van der Waals surface area contributed by atoms with E-state index in [0.29, 0.717) is 10.8 Å². The summed E-state index contributed by atoms with van der Waals surface area (Å²) in [5.41, 5.74) is 1.86. The van der Waals surface area contributed by atoms with Crippen molar-refractivity contribution in [2.75, 3.05) is 0 Å². The van der Waals surface area contributed by atoms with E-state index in [2.05, 4.69) is 13.8 Å². The predicted octanol–water partition coefficient (Wildman–Crippen LogP) is 8.57. The zero-order valence-electron chi connectivity index (χ0n) is 18.4. The van der Waals surface area contributed by atoms with E-state index in [1.165, 1.54) is 24.3 Å². The van der Waals surface area contributed by atoms with E-state index in [4.69, 9.17) is 4.74 Å². The Morgan fingerprint density at radius 3 is 1.97 bits per heavy atom. The number of hydrogen-bond acceptors (Lipinski definition) is 1. The van der Waals surface area contributed by atoms with Crippen LogP contribution in [0.2, 0.25) is 0 Å². The molecule has 0 aliphatic rings. The van der Waals surface area contributed by atoms with Gasteiger partial charge in [-0.1, -0.05) is 69.9 Å². The van der Waals surface area contributed by atoms with Crippen molar-refractivity contribution in [3.63, 3.8) is 0 Å². The van der Waals surface area contributed by atoms with Gasteiger partial charge in [0.05, 0.1) is 5.56 Å². The van der Waals surface area contributed by atoms with Gasteiger partial charge >= 0.3 is 6.11 Å². The number of ether oxygens (including phenoxy) is 1. The first-order valence-electron chi connectivity index (χ1n) is 11.3. The molecule has 0 saturated carbocycles. The Labute approximate surface area is 183 Å². The summed E-state index contributed by atoms with van der Waals surface area (Å²) in [4.78, 5) is 0. The fourth-order valence-corrected chi connectivity index (χ4v) is 3.75. The highest BCUT2D eigenvalue weighted by atomic mass is 19.3. The van der Waals surface area contributed by atoms with Gasteiger partial charge in [-0.25, -0.2) is 4.39 Å². The highest BCUT2D eigenvalue weighted by Gasteiger charge is 2.35. The van der Waals surface area contributed by atoms with Gasteiger partial charge in [0.25, 0.3) is 0 Å². The summed E-state index contributed by atoms with van der Waals surface area (Å²) in [5, 5.41) is 1.37. The van der Waals surface area contributed by atoms with Crippen molar-refractivity contribution in [3.05, 3.63) is 77.1 Å². The molecule has 0 heterocycles. The Balaban J connectivity index is 1.74. The van der Waals surface area contributed by atoms with Crippen LogP contribution in [0.15, 0.2) is 54.6 Å². The molecule has 31 heavy (non-hydrogen) atoms. The van der Waals surface area contributed by atoms with Crippen LogP contribution in [0.4, 0.5) is 13.2 Å². The molecule has 0 radical (unpaired) electrons. The van der Waals surface area contributed by atoms with Gasteiger partial charge < -0.3 is 4.74 Å². The molecule has 0 N–H and O–H groups in total. The normalized spacial score (nSPS) is 11.8. The first kappa shape index (κ1) is 23.2. The standard InChI is InChI=1S/C27H31F3O/c1-3-5-7-9-20-12-15-24(16-13-20)27(29,30)31-26-19-22-14-11-21(10-8-6-4-2)17-23(22)18-25(26)28/h11-19H,3-10H2,1-2H3. The summed E-state index contributed by atoms with van der Waals surface area (Å²) in [5.74, 6) is -1.22. The van der Waals surface area contributed by atoms with Gasteiger partial charge in [0.1, 0.15) is 0 Å². The average Bonchev–Trinajstić information content (AvgIpc) is 2.75. The van der Waals surface area contributed by atoms with Crippen LogP contribution in [0.5, 0.6) is 5.75 Å². The fourth-order valence-electron chi connectivity index (χ4n) is 3.75. The Morgan fingerprint density at radius 2 is 1.32 bits per heavy atom. The maximum atomic E-state index is 14.7. The molecule has 3 rings (SSSR count). The minimum Gasteiger partial charge on any atom is -0.426 e. The monoisotopic (exact) mass is 428 g/mol. The van der Waals surface area contributed by atoms with E-state index in [9.17, 15) is 13.2 Å². The second-order valence-corrected chi connectivity index (χ2v) is 8.19. The highest BCUT2D eigenvalue weighted by Crippen LogP contribution is 2.35. The Bertz CT molecular complexity index is 980. The number of unbranched alkanes of at least 4 members (excludes halogenated alkanes) is 4. The maximum Gasteiger partial charge on any atom is 0.426 e. The number of hydrogen-bond donors (Lipinski definition) is 0. The molecule has 4 heteroatoms. The zero-order valence-corrected chi connectivity index (χ0v) is 18.4. The zero-order chi connectivity index (χ0) is 22.3. The van der Waals surface area contributed by atoms with Gasteiger partial charge in [0, 0.05) is 0 Å². The summed E-state index contributed by atoms with van der Waals surface area (Å²) in [6.45, 7) is 4.27. The van der Waals surface area contributed by atoms with E-state index in [1.807, 2.05) is 18.2 Å². The molecule has 3 aromatic carbocycles. The first-order chi connectivity index (χ1) is 14.9. The topological polar surface area (TPSA) is 9.23 Å². The lowest BCUT2D eigenvalue weighted by atomic mass is 10.0. The Hall–Kier alpha value is -2.49. The molecule has 0 aliphatic carbocycles. The second kappa shape index (κ2) is 10.7. The summed E-state index contributed by atoms with van der Waals surface area (Å²) in [7, 11) is 0. The fraction of sp³-hybridized carbons (Fsp3) is 0.407. The Morgan fingerprint density at radius 1 is 0.710 bits per heavy atom. The van der Waals surface area contributed by atoms with E-state index in [0.717, 1.165) is 62.5 Å². The largest absolute Gasteiger partial charge is 0.426 e. The molecule has 0 aliphatic heterocycles. The number of alkyl halides is 2. The minimum atomic E-state index is -3.61. The number of rotatable bonds is 11. The van der Waals surface area contributed by atoms with Crippen molar-refractivity contribution >= 4 is 10.8 Å². The third kappa shape index (κ3) is 6.25. The van der Waals surface area contributed by atoms with Crippen LogP contribution in [0.3, 0.4) is 0 Å². The van der Waals surface area contributed by atoms with Gasteiger partial charge in [-0.2, -0.15) is 8.78 Å². The highest BCUT2D eigenvalue weighted by molar-refractivity contribution is 5.84. The SMILES string of the molecule is CCCCCc1ccc(C(F)(F)Oc2cc3ccc(CCCCC)cc3cc2F)cc1. The van der Waals surface area contributed by atoms with E-state index in [1.54, 1.807) is 12.1 Å². The first-order valence-corrected chi connectivity index (χ1v) is 11.3. The van der Waals surface area contributed by atoms with Gasteiger partial charge in [-0.15, -0.1) is 0 Å². The van der Waals surface area contributed by atoms with Crippen LogP contribution in [0.1, 0.15) is 69.1 Å². The molecule has 0 saturated heterocycles. The molecular formula is C27H31F3O. The average molecular weight is 429 g/mol. The molecule has 0 bridgehead atoms. The smallest absolute Gasteiger partial charge is 0.426 e. The quantitative estimate of drug-likeness (QED) is 0.278. The van der Waals surface area contributed by atoms with Crippen LogP contribution in [0, 0.1) is 5.82 Å². The van der Waals surface area contributed by atoms with Crippen molar-refractivity contribution in [2.24, 2.45) is 0 Å². The van der Waals surface area contributed by atoms with Crippen LogP contribution in [-0.4, -0.2) is 0 Å². The lowest BCUT2D eigenvalue weighted by Crippen LogP contribution is -2.22. The molecule has 3 aromatic rings. The third-order valence-corrected chi connectivity index (χ3v) is 5.62. The molecular weight excluding hydrogens is 397 g/mol. The Kier molecular flexibility index (Phi) is 8.00. The van der Waals surface area contributed by atoms with Crippen molar-refractivity contribution < 1.29 is 17.9 Å². The molecule has 0 spiro atoms. The number of aryl methyl sites for hydroxylation is 2.